The zero-order valence-electron chi connectivity index (χ0n) is 47.9. The molecule has 2 fully saturated rings. The molecular formula is C56H88N4O16. The number of carboxylic acid groups (broad SMARTS) is 1. The first-order valence-corrected chi connectivity index (χ1v) is 26.4. The van der Waals surface area contributed by atoms with Gasteiger partial charge < -0.3 is 67.3 Å². The molecule has 0 spiro atoms. The van der Waals surface area contributed by atoms with Gasteiger partial charge in [-0.05, 0) is 138 Å². The van der Waals surface area contributed by atoms with Crippen molar-refractivity contribution < 1.29 is 76.5 Å². The number of hydrogen-bond acceptors (Lipinski definition) is 15. The first-order chi connectivity index (χ1) is 35.8. The Morgan fingerprint density at radius 3 is 1.32 bits per heavy atom. The van der Waals surface area contributed by atoms with Gasteiger partial charge in [0.25, 0.3) is 11.8 Å². The second-order valence-corrected chi connectivity index (χ2v) is 21.4. The molecule has 0 radical (unpaired) electrons. The lowest BCUT2D eigenvalue weighted by Crippen LogP contribution is -2.57. The van der Waals surface area contributed by atoms with E-state index in [1.54, 1.807) is 128 Å². The van der Waals surface area contributed by atoms with Gasteiger partial charge in [0.1, 0.15) is 11.2 Å². The molecule has 2 saturated heterocycles. The lowest BCUT2D eigenvalue weighted by molar-refractivity contribution is -0.145. The quantitative estimate of drug-likeness (QED) is 0.0624. The highest BCUT2D eigenvalue weighted by molar-refractivity contribution is 5.96. The summed E-state index contributed by atoms with van der Waals surface area (Å²) in [6.45, 7) is 22.9. The van der Waals surface area contributed by atoms with E-state index in [-0.39, 0.29) is 80.5 Å². The van der Waals surface area contributed by atoms with E-state index in [0.717, 1.165) is 0 Å². The predicted octanol–water partition coefficient (Wildman–Crippen LogP) is 8.89. The molecule has 20 heteroatoms. The van der Waals surface area contributed by atoms with Crippen LogP contribution in [0.15, 0.2) is 36.4 Å². The number of likely N-dealkylation sites (tertiary alicyclic amines) is 2. The molecule has 0 saturated carbocycles. The predicted molar refractivity (Wildman–Crippen MR) is 286 cm³/mol. The number of benzene rings is 2. The normalized spacial score (nSPS) is 17.7. The van der Waals surface area contributed by atoms with Gasteiger partial charge in [0, 0.05) is 88.7 Å². The standard InChI is InChI=1S/C29H46N2O8.C27H42N2O8/c1-9-37-26(32)18-22-12-13-23(19-30(22)28(34)39-29(4,5)6)31(20(2)3)27(33)21-11-14-24(36-8)25(17-21)38-16-10-15-35-7;1-18(2)29(25(32)19-9-12-22(35-7)23(15-19)36-14-8-13-34-6)21-11-10-20(16-24(30)31)28(17-21)26(33)37-27(3,4)5/h11,14,17,20,22-23H,9-10,12-13,15-16,18-19H2,1-8H3;9,12,15,18,20-21H,8,10-11,13-14,16-17H2,1-7H3,(H,30,31)/t22-,23+;20-,21+/m00/s1. The number of nitrogens with zero attached hydrogens (tertiary/aromatic N) is 4. The van der Waals surface area contributed by atoms with Crippen molar-refractivity contribution in [3.8, 4) is 23.0 Å². The van der Waals surface area contributed by atoms with Gasteiger partial charge in [-0.3, -0.25) is 19.2 Å². The Kier molecular flexibility index (Phi) is 25.9. The number of esters is 1. The van der Waals surface area contributed by atoms with Crippen LogP contribution in [0, 0.1) is 0 Å². The Morgan fingerprint density at radius 1 is 0.592 bits per heavy atom. The summed E-state index contributed by atoms with van der Waals surface area (Å²) >= 11 is 0. The Balaban J connectivity index is 0.000000401. The van der Waals surface area contributed by atoms with Crippen molar-refractivity contribution >= 4 is 35.9 Å². The third-order valence-corrected chi connectivity index (χ3v) is 12.4. The molecule has 0 unspecified atom stereocenters. The van der Waals surface area contributed by atoms with Crippen LogP contribution < -0.4 is 18.9 Å². The van der Waals surface area contributed by atoms with Crippen molar-refractivity contribution in [1.29, 1.82) is 0 Å². The number of rotatable bonds is 23. The van der Waals surface area contributed by atoms with Gasteiger partial charge in [0.2, 0.25) is 0 Å². The van der Waals surface area contributed by atoms with Crippen LogP contribution in [0.4, 0.5) is 9.59 Å². The van der Waals surface area contributed by atoms with Crippen LogP contribution in [-0.4, -0.2) is 183 Å². The number of carbonyl (C=O) groups is 6. The fourth-order valence-corrected chi connectivity index (χ4v) is 9.15. The monoisotopic (exact) mass is 1070 g/mol. The Morgan fingerprint density at radius 2 is 0.987 bits per heavy atom. The van der Waals surface area contributed by atoms with Gasteiger partial charge in [-0.15, -0.1) is 0 Å². The fourth-order valence-electron chi connectivity index (χ4n) is 9.15. The highest BCUT2D eigenvalue weighted by Gasteiger charge is 2.42. The first kappa shape index (κ1) is 64.3. The smallest absolute Gasteiger partial charge is 0.410 e. The van der Waals surface area contributed by atoms with Gasteiger partial charge in [-0.25, -0.2) is 9.59 Å². The second kappa shape index (κ2) is 30.7. The average molecular weight is 1070 g/mol. The van der Waals surface area contributed by atoms with Crippen molar-refractivity contribution in [2.24, 2.45) is 0 Å². The molecule has 0 bridgehead atoms. The number of aliphatic carboxylic acids is 1. The van der Waals surface area contributed by atoms with Crippen molar-refractivity contribution in [3.63, 3.8) is 0 Å². The van der Waals surface area contributed by atoms with E-state index in [0.29, 0.717) is 99.1 Å². The molecule has 2 aliphatic rings. The van der Waals surface area contributed by atoms with Crippen LogP contribution in [0.2, 0.25) is 0 Å². The maximum absolute atomic E-state index is 13.9. The Bertz CT molecular complexity index is 2190. The highest BCUT2D eigenvalue weighted by atomic mass is 16.6. The molecular weight excluding hydrogens is 985 g/mol. The zero-order valence-corrected chi connectivity index (χ0v) is 47.9. The Labute approximate surface area is 450 Å². The summed E-state index contributed by atoms with van der Waals surface area (Å²) in [4.78, 5) is 84.2. The van der Waals surface area contributed by atoms with Crippen LogP contribution in [0.1, 0.15) is 148 Å². The molecule has 0 aliphatic carbocycles. The maximum atomic E-state index is 13.9. The number of carbonyl (C=O) groups excluding carboxylic acids is 5. The lowest BCUT2D eigenvalue weighted by atomic mass is 9.94. The van der Waals surface area contributed by atoms with E-state index < -0.39 is 35.4 Å². The highest BCUT2D eigenvalue weighted by Crippen LogP contribution is 2.34. The minimum atomic E-state index is -0.981. The van der Waals surface area contributed by atoms with Gasteiger partial charge >= 0.3 is 24.1 Å². The number of piperidine rings is 2. The lowest BCUT2D eigenvalue weighted by Gasteiger charge is -2.45. The number of ether oxygens (including phenoxy) is 9. The molecule has 4 rings (SSSR count). The number of hydrogen-bond donors (Lipinski definition) is 1. The topological polar surface area (TPSA) is 219 Å². The summed E-state index contributed by atoms with van der Waals surface area (Å²) in [5.41, 5.74) is -0.528. The van der Waals surface area contributed by atoms with Gasteiger partial charge in [-0.1, -0.05) is 0 Å². The van der Waals surface area contributed by atoms with Crippen LogP contribution in [0.5, 0.6) is 23.0 Å². The van der Waals surface area contributed by atoms with Crippen LogP contribution in [-0.2, 0) is 33.3 Å². The van der Waals surface area contributed by atoms with E-state index >= 15 is 0 Å². The molecule has 4 amide bonds. The molecule has 4 atom stereocenters. The number of carboxylic acids is 1. The van der Waals surface area contributed by atoms with Crippen molar-refractivity contribution in [2.45, 2.75) is 175 Å². The number of amides is 4. The average Bonchev–Trinajstić information content (AvgIpc) is 3.33. The van der Waals surface area contributed by atoms with E-state index in [1.807, 2.05) is 27.7 Å². The van der Waals surface area contributed by atoms with Crippen molar-refractivity contribution in [3.05, 3.63) is 47.5 Å². The second-order valence-electron chi connectivity index (χ2n) is 21.4. The van der Waals surface area contributed by atoms with Crippen LogP contribution in [0.25, 0.3) is 0 Å². The van der Waals surface area contributed by atoms with E-state index in [9.17, 15) is 33.9 Å². The molecule has 2 aliphatic heterocycles. The maximum Gasteiger partial charge on any atom is 0.410 e. The molecule has 76 heavy (non-hydrogen) atoms. The summed E-state index contributed by atoms with van der Waals surface area (Å²) in [5, 5.41) is 9.39. The van der Waals surface area contributed by atoms with E-state index in [1.165, 1.54) is 4.90 Å². The Hall–Kier alpha value is -6.02. The zero-order chi connectivity index (χ0) is 56.9. The summed E-state index contributed by atoms with van der Waals surface area (Å²) in [7, 11) is 6.35. The molecule has 2 aromatic carbocycles. The largest absolute Gasteiger partial charge is 0.493 e. The molecule has 2 heterocycles. The van der Waals surface area contributed by atoms with E-state index in [4.69, 9.17) is 42.6 Å². The summed E-state index contributed by atoms with van der Waals surface area (Å²) in [6.07, 6.45) is 2.40. The van der Waals surface area contributed by atoms with E-state index in [2.05, 4.69) is 0 Å². The molecule has 0 aromatic heterocycles. The number of methoxy groups -OCH3 is 4. The van der Waals surface area contributed by atoms with Crippen molar-refractivity contribution in [1.82, 2.24) is 19.6 Å². The molecule has 20 nitrogen and oxygen atoms in total. The minimum Gasteiger partial charge on any atom is -0.493 e. The fraction of sp³-hybridized carbons (Fsp3) is 0.679. The third kappa shape index (κ3) is 20.2. The molecule has 428 valence electrons. The molecule has 1 N–H and O–H groups in total. The van der Waals surface area contributed by atoms with Gasteiger partial charge in [0.05, 0.1) is 59.0 Å². The SMILES string of the molecule is CCOC(=O)C[C@@H]1CC[C@@H](N(C(=O)c2ccc(OC)c(OCCCOC)c2)C(C)C)CN1C(=O)OC(C)(C)C.COCCCOc1cc(C(=O)N(C(C)C)[C@@H]2CC[C@@H](CC(=O)O)N(C(=O)OC(C)(C)C)C2)ccc1OC. The van der Waals surface area contributed by atoms with Gasteiger partial charge in [0.15, 0.2) is 23.0 Å². The van der Waals surface area contributed by atoms with Crippen LogP contribution >= 0.6 is 0 Å². The first-order valence-electron chi connectivity index (χ1n) is 26.4. The summed E-state index contributed by atoms with van der Waals surface area (Å²) < 4.78 is 49.1. The van der Waals surface area contributed by atoms with Gasteiger partial charge in [-0.2, -0.15) is 0 Å². The summed E-state index contributed by atoms with van der Waals surface area (Å²) in [5.74, 6) is 0.293. The third-order valence-electron chi connectivity index (χ3n) is 12.4. The summed E-state index contributed by atoms with van der Waals surface area (Å²) in [6, 6.07) is 8.46. The van der Waals surface area contributed by atoms with Crippen LogP contribution in [0.3, 0.4) is 0 Å². The molecule has 2 aromatic rings. The van der Waals surface area contributed by atoms with Crippen molar-refractivity contribution in [2.75, 3.05) is 74.6 Å². The minimum absolute atomic E-state index is 0.0810.